The van der Waals surface area contributed by atoms with E-state index in [0.29, 0.717) is 18.8 Å². The standard InChI is InChI=1S/C11H19NO3S/c1-3-6-12(7-5-11(14)15)10(13)9-16-8-4-2/h4H,2-3,5-9H2,1H3,(H,14,15). The summed E-state index contributed by atoms with van der Waals surface area (Å²) in [5, 5.41) is 8.57. The Morgan fingerprint density at radius 3 is 2.62 bits per heavy atom. The predicted octanol–water partition coefficient (Wildman–Crippen LogP) is 1.62. The Labute approximate surface area is 101 Å². The van der Waals surface area contributed by atoms with Crippen LogP contribution in [-0.2, 0) is 9.59 Å². The summed E-state index contributed by atoms with van der Waals surface area (Å²) in [6.45, 7) is 6.47. The van der Waals surface area contributed by atoms with Crippen molar-refractivity contribution in [3.05, 3.63) is 12.7 Å². The number of hydrogen-bond acceptors (Lipinski definition) is 3. The smallest absolute Gasteiger partial charge is 0.305 e. The summed E-state index contributed by atoms with van der Waals surface area (Å²) in [6.07, 6.45) is 2.61. The molecule has 0 unspecified atom stereocenters. The second-order valence-electron chi connectivity index (χ2n) is 3.33. The van der Waals surface area contributed by atoms with Gasteiger partial charge in [0.15, 0.2) is 0 Å². The first-order chi connectivity index (χ1) is 7.61. The van der Waals surface area contributed by atoms with Crippen LogP contribution in [0, 0.1) is 0 Å². The number of carboxylic acids is 1. The molecule has 0 saturated heterocycles. The second-order valence-corrected chi connectivity index (χ2v) is 4.36. The summed E-state index contributed by atoms with van der Waals surface area (Å²) >= 11 is 1.49. The molecular formula is C11H19NO3S. The Kier molecular flexibility index (Phi) is 8.71. The minimum atomic E-state index is -0.868. The van der Waals surface area contributed by atoms with Crippen LogP contribution < -0.4 is 0 Å². The third-order valence-corrected chi connectivity index (χ3v) is 2.83. The molecule has 0 aliphatic carbocycles. The van der Waals surface area contributed by atoms with Gasteiger partial charge in [0, 0.05) is 18.8 Å². The minimum Gasteiger partial charge on any atom is -0.481 e. The number of carboxylic acid groups (broad SMARTS) is 1. The van der Waals surface area contributed by atoms with E-state index in [1.54, 1.807) is 11.0 Å². The highest BCUT2D eigenvalue weighted by Gasteiger charge is 2.13. The van der Waals surface area contributed by atoms with Crippen LogP contribution in [0.5, 0.6) is 0 Å². The minimum absolute atomic E-state index is 0.00921. The van der Waals surface area contributed by atoms with Gasteiger partial charge in [0.05, 0.1) is 12.2 Å². The van der Waals surface area contributed by atoms with Crippen molar-refractivity contribution in [3.8, 4) is 0 Å². The zero-order valence-corrected chi connectivity index (χ0v) is 10.5. The summed E-state index contributed by atoms with van der Waals surface area (Å²) in [4.78, 5) is 23.7. The van der Waals surface area contributed by atoms with Crippen LogP contribution in [0.1, 0.15) is 19.8 Å². The van der Waals surface area contributed by atoms with Crippen LogP contribution in [0.2, 0.25) is 0 Å². The molecule has 0 aliphatic rings. The van der Waals surface area contributed by atoms with Crippen LogP contribution >= 0.6 is 11.8 Å². The lowest BCUT2D eigenvalue weighted by molar-refractivity contribution is -0.138. The molecule has 0 aromatic heterocycles. The molecule has 1 amide bonds. The van der Waals surface area contributed by atoms with Crippen molar-refractivity contribution in [3.63, 3.8) is 0 Å². The summed E-state index contributed by atoms with van der Waals surface area (Å²) < 4.78 is 0. The molecule has 0 aliphatic heterocycles. The molecule has 0 aromatic rings. The first kappa shape index (κ1) is 15.0. The van der Waals surface area contributed by atoms with Gasteiger partial charge in [0.1, 0.15) is 0 Å². The molecule has 92 valence electrons. The van der Waals surface area contributed by atoms with Crippen LogP contribution in [-0.4, -0.2) is 46.5 Å². The van der Waals surface area contributed by atoms with Gasteiger partial charge in [0.2, 0.25) is 5.91 Å². The highest BCUT2D eigenvalue weighted by Crippen LogP contribution is 2.04. The Morgan fingerprint density at radius 2 is 2.12 bits per heavy atom. The fourth-order valence-electron chi connectivity index (χ4n) is 1.18. The summed E-state index contributed by atoms with van der Waals surface area (Å²) in [7, 11) is 0. The van der Waals surface area contributed by atoms with Crippen molar-refractivity contribution in [2.45, 2.75) is 19.8 Å². The van der Waals surface area contributed by atoms with E-state index >= 15 is 0 Å². The average molecular weight is 245 g/mol. The van der Waals surface area contributed by atoms with Gasteiger partial charge < -0.3 is 10.0 Å². The molecule has 16 heavy (non-hydrogen) atoms. The van der Waals surface area contributed by atoms with Gasteiger partial charge in [-0.25, -0.2) is 0 Å². The van der Waals surface area contributed by atoms with E-state index in [2.05, 4.69) is 6.58 Å². The van der Waals surface area contributed by atoms with Crippen molar-refractivity contribution >= 4 is 23.6 Å². The van der Waals surface area contributed by atoms with E-state index in [0.717, 1.165) is 12.2 Å². The van der Waals surface area contributed by atoms with Gasteiger partial charge in [-0.1, -0.05) is 13.0 Å². The number of rotatable bonds is 9. The van der Waals surface area contributed by atoms with Crippen molar-refractivity contribution in [1.29, 1.82) is 0 Å². The maximum absolute atomic E-state index is 11.7. The molecule has 0 atom stereocenters. The zero-order chi connectivity index (χ0) is 12.4. The Hall–Kier alpha value is -0.970. The Morgan fingerprint density at radius 1 is 1.44 bits per heavy atom. The van der Waals surface area contributed by atoms with Gasteiger partial charge in [-0.05, 0) is 6.42 Å². The highest BCUT2D eigenvalue weighted by molar-refractivity contribution is 8.00. The van der Waals surface area contributed by atoms with Crippen LogP contribution in [0.15, 0.2) is 12.7 Å². The summed E-state index contributed by atoms with van der Waals surface area (Å²) in [6, 6.07) is 0. The van der Waals surface area contributed by atoms with E-state index in [-0.39, 0.29) is 12.3 Å². The molecule has 5 heteroatoms. The first-order valence-corrected chi connectivity index (χ1v) is 6.45. The Balaban J connectivity index is 4.01. The van der Waals surface area contributed by atoms with E-state index in [1.165, 1.54) is 11.8 Å². The molecule has 0 bridgehead atoms. The van der Waals surface area contributed by atoms with Crippen molar-refractivity contribution in [2.75, 3.05) is 24.6 Å². The van der Waals surface area contributed by atoms with Gasteiger partial charge in [-0.2, -0.15) is 0 Å². The topological polar surface area (TPSA) is 57.6 Å². The number of thioether (sulfide) groups is 1. The van der Waals surface area contributed by atoms with Crippen LogP contribution in [0.25, 0.3) is 0 Å². The van der Waals surface area contributed by atoms with E-state index in [4.69, 9.17) is 5.11 Å². The first-order valence-electron chi connectivity index (χ1n) is 5.30. The second kappa shape index (κ2) is 9.27. The Bertz CT molecular complexity index is 243. The molecular weight excluding hydrogens is 226 g/mol. The van der Waals surface area contributed by atoms with Gasteiger partial charge in [0.25, 0.3) is 0 Å². The lowest BCUT2D eigenvalue weighted by atomic mass is 10.3. The SMILES string of the molecule is C=CCSCC(=O)N(CCC)CCC(=O)O. The molecule has 0 fully saturated rings. The summed E-state index contributed by atoms with van der Waals surface area (Å²) in [5.41, 5.74) is 0. The molecule has 0 saturated carbocycles. The molecule has 4 nitrogen and oxygen atoms in total. The number of amides is 1. The van der Waals surface area contributed by atoms with Crippen molar-refractivity contribution < 1.29 is 14.7 Å². The molecule has 1 N–H and O–H groups in total. The maximum atomic E-state index is 11.7. The third-order valence-electron chi connectivity index (χ3n) is 1.90. The highest BCUT2D eigenvalue weighted by atomic mass is 32.2. The van der Waals surface area contributed by atoms with E-state index in [9.17, 15) is 9.59 Å². The fraction of sp³-hybridized carbons (Fsp3) is 0.636. The van der Waals surface area contributed by atoms with Crippen LogP contribution in [0.4, 0.5) is 0 Å². The number of carbonyl (C=O) groups is 2. The van der Waals surface area contributed by atoms with E-state index < -0.39 is 5.97 Å². The lowest BCUT2D eigenvalue weighted by Crippen LogP contribution is -2.35. The van der Waals surface area contributed by atoms with Gasteiger partial charge in [-0.15, -0.1) is 18.3 Å². The summed E-state index contributed by atoms with van der Waals surface area (Å²) in [5.74, 6) is 0.276. The van der Waals surface area contributed by atoms with Gasteiger partial charge >= 0.3 is 5.97 Å². The molecule has 0 spiro atoms. The predicted molar refractivity (Wildman–Crippen MR) is 66.6 cm³/mol. The quantitative estimate of drug-likeness (QED) is 0.495. The molecule has 0 aromatic carbocycles. The average Bonchev–Trinajstić information content (AvgIpc) is 2.24. The largest absolute Gasteiger partial charge is 0.481 e. The normalized spacial score (nSPS) is 9.81. The third kappa shape index (κ3) is 7.34. The van der Waals surface area contributed by atoms with Gasteiger partial charge in [-0.3, -0.25) is 9.59 Å². The number of carbonyl (C=O) groups excluding carboxylic acids is 1. The fourth-order valence-corrected chi connectivity index (χ4v) is 1.82. The van der Waals surface area contributed by atoms with E-state index in [1.807, 2.05) is 6.92 Å². The lowest BCUT2D eigenvalue weighted by Gasteiger charge is -2.20. The molecule has 0 heterocycles. The van der Waals surface area contributed by atoms with Crippen molar-refractivity contribution in [2.24, 2.45) is 0 Å². The monoisotopic (exact) mass is 245 g/mol. The number of nitrogens with zero attached hydrogens (tertiary/aromatic N) is 1. The van der Waals surface area contributed by atoms with Crippen molar-refractivity contribution in [1.82, 2.24) is 4.90 Å². The molecule has 0 radical (unpaired) electrons. The van der Waals surface area contributed by atoms with Crippen LogP contribution in [0.3, 0.4) is 0 Å². The number of hydrogen-bond donors (Lipinski definition) is 1. The zero-order valence-electron chi connectivity index (χ0n) is 9.65. The number of aliphatic carboxylic acids is 1. The maximum Gasteiger partial charge on any atom is 0.305 e. The molecule has 0 rings (SSSR count).